The molecule has 0 aliphatic carbocycles. The van der Waals surface area contributed by atoms with E-state index in [4.69, 9.17) is 4.74 Å². The molecule has 1 saturated heterocycles. The largest absolute Gasteiger partial charge is 0.492 e. The van der Waals surface area contributed by atoms with Crippen LogP contribution >= 0.6 is 11.8 Å². The van der Waals surface area contributed by atoms with Crippen molar-refractivity contribution in [2.45, 2.75) is 18.6 Å². The molecule has 1 aliphatic rings. The Labute approximate surface area is 156 Å². The fourth-order valence-electron chi connectivity index (χ4n) is 2.43. The highest BCUT2D eigenvalue weighted by Crippen LogP contribution is 2.27. The lowest BCUT2D eigenvalue weighted by molar-refractivity contribution is -0.122. The Morgan fingerprint density at radius 1 is 1.19 bits per heavy atom. The van der Waals surface area contributed by atoms with Crippen molar-refractivity contribution in [2.75, 3.05) is 11.9 Å². The smallest absolute Gasteiger partial charge is 0.240 e. The van der Waals surface area contributed by atoms with Gasteiger partial charge in [0.15, 0.2) is 5.17 Å². The van der Waals surface area contributed by atoms with Crippen LogP contribution in [-0.2, 0) is 9.59 Å². The van der Waals surface area contributed by atoms with Crippen LogP contribution in [0, 0.1) is 0 Å². The van der Waals surface area contributed by atoms with Gasteiger partial charge in [-0.1, -0.05) is 42.1 Å². The monoisotopic (exact) mass is 369 g/mol. The minimum absolute atomic E-state index is 0.0603. The molecule has 6 nitrogen and oxygen atoms in total. The second kappa shape index (κ2) is 8.53. The first-order chi connectivity index (χ1) is 12.7. The number of nitrogens with one attached hydrogen (secondary N) is 2. The van der Waals surface area contributed by atoms with Crippen LogP contribution in [0.4, 0.5) is 11.4 Å². The van der Waals surface area contributed by atoms with E-state index in [9.17, 15) is 9.59 Å². The van der Waals surface area contributed by atoms with Crippen molar-refractivity contribution >= 4 is 40.1 Å². The van der Waals surface area contributed by atoms with E-state index in [0.29, 0.717) is 23.2 Å². The predicted octanol–water partition coefficient (Wildman–Crippen LogP) is 3.33. The van der Waals surface area contributed by atoms with E-state index in [1.165, 1.54) is 11.8 Å². The lowest BCUT2D eigenvalue weighted by Gasteiger charge is -2.12. The van der Waals surface area contributed by atoms with Gasteiger partial charge in [0.25, 0.3) is 0 Å². The van der Waals surface area contributed by atoms with E-state index in [1.807, 2.05) is 49.4 Å². The van der Waals surface area contributed by atoms with E-state index in [2.05, 4.69) is 15.6 Å². The van der Waals surface area contributed by atoms with Crippen molar-refractivity contribution in [1.29, 1.82) is 0 Å². The molecule has 2 amide bonds. The highest BCUT2D eigenvalue weighted by molar-refractivity contribution is 8.15. The van der Waals surface area contributed by atoms with E-state index in [0.717, 1.165) is 5.69 Å². The molecule has 2 aromatic rings. The Balaban J connectivity index is 1.61. The summed E-state index contributed by atoms with van der Waals surface area (Å²) in [6.45, 7) is 2.39. The number of aliphatic imine (C=N–C) groups is 1. The Hall–Kier alpha value is -2.80. The fraction of sp³-hybridized carbons (Fsp3) is 0.211. The van der Waals surface area contributed by atoms with Gasteiger partial charge in [-0.15, -0.1) is 0 Å². The maximum Gasteiger partial charge on any atom is 0.240 e. The molecule has 2 N–H and O–H groups in total. The minimum Gasteiger partial charge on any atom is -0.492 e. The van der Waals surface area contributed by atoms with E-state index >= 15 is 0 Å². The summed E-state index contributed by atoms with van der Waals surface area (Å²) < 4.78 is 5.49. The summed E-state index contributed by atoms with van der Waals surface area (Å²) in [5.74, 6) is 0.155. The van der Waals surface area contributed by atoms with Gasteiger partial charge in [-0.2, -0.15) is 0 Å². The third kappa shape index (κ3) is 4.64. The van der Waals surface area contributed by atoms with Gasteiger partial charge in [-0.3, -0.25) is 9.59 Å². The Kier molecular flexibility index (Phi) is 5.91. The van der Waals surface area contributed by atoms with Crippen LogP contribution in [0.15, 0.2) is 59.6 Å². The van der Waals surface area contributed by atoms with Crippen LogP contribution in [0.2, 0.25) is 0 Å². The van der Waals surface area contributed by atoms with Crippen molar-refractivity contribution in [3.63, 3.8) is 0 Å². The lowest BCUT2D eigenvalue weighted by atomic mass is 10.2. The molecule has 0 spiro atoms. The molecule has 0 aromatic heterocycles. The standard InChI is InChI=1S/C19H19N3O3S/c1-2-25-15-11-7-6-10-14(15)21-17(23)12-16-18(24)22-19(26-16)20-13-8-4-3-5-9-13/h3-11,16H,2,12H2,1H3,(H,21,23)(H,20,22,24)/t16-/m0/s1. The van der Waals surface area contributed by atoms with Gasteiger partial charge in [0.05, 0.1) is 18.0 Å². The first-order valence-corrected chi connectivity index (χ1v) is 9.16. The van der Waals surface area contributed by atoms with Crippen LogP contribution in [0.1, 0.15) is 13.3 Å². The summed E-state index contributed by atoms with van der Waals surface area (Å²) in [5, 5.41) is 5.54. The number of para-hydroxylation sites is 3. The molecule has 0 saturated carbocycles. The van der Waals surface area contributed by atoms with Crippen LogP contribution in [0.3, 0.4) is 0 Å². The molecule has 7 heteroatoms. The fourth-order valence-corrected chi connectivity index (χ4v) is 3.42. The zero-order chi connectivity index (χ0) is 18.4. The number of amides is 2. The van der Waals surface area contributed by atoms with Gasteiger partial charge >= 0.3 is 0 Å². The second-order valence-electron chi connectivity index (χ2n) is 5.53. The summed E-state index contributed by atoms with van der Waals surface area (Å²) in [6, 6.07) is 16.6. The molecule has 1 heterocycles. The van der Waals surface area contributed by atoms with E-state index in [-0.39, 0.29) is 18.2 Å². The maximum absolute atomic E-state index is 12.3. The molecule has 1 aliphatic heterocycles. The number of hydrogen-bond acceptors (Lipinski definition) is 5. The van der Waals surface area contributed by atoms with Gasteiger partial charge in [0.1, 0.15) is 11.0 Å². The van der Waals surface area contributed by atoms with Gasteiger partial charge in [-0.05, 0) is 31.2 Å². The average Bonchev–Trinajstić information content (AvgIpc) is 2.96. The first kappa shape index (κ1) is 18.0. The molecule has 2 aromatic carbocycles. The number of carbonyl (C=O) groups is 2. The molecule has 3 rings (SSSR count). The third-order valence-electron chi connectivity index (χ3n) is 3.60. The number of anilines is 1. The minimum atomic E-state index is -0.503. The van der Waals surface area contributed by atoms with Gasteiger partial charge < -0.3 is 15.4 Å². The summed E-state index contributed by atoms with van der Waals surface area (Å²) in [5.41, 5.74) is 1.35. The summed E-state index contributed by atoms with van der Waals surface area (Å²) in [6.07, 6.45) is 0.0603. The number of nitrogens with zero attached hydrogens (tertiary/aromatic N) is 1. The second-order valence-corrected chi connectivity index (χ2v) is 6.72. The molecular weight excluding hydrogens is 350 g/mol. The highest BCUT2D eigenvalue weighted by Gasteiger charge is 2.32. The zero-order valence-electron chi connectivity index (χ0n) is 14.3. The SMILES string of the molecule is CCOc1ccccc1NC(=O)C[C@@H]1SC(=Nc2ccccc2)NC1=O. The first-order valence-electron chi connectivity index (χ1n) is 8.28. The topological polar surface area (TPSA) is 79.8 Å². The Bertz CT molecular complexity index is 824. The quantitative estimate of drug-likeness (QED) is 0.818. The molecule has 0 radical (unpaired) electrons. The highest BCUT2D eigenvalue weighted by atomic mass is 32.2. The van der Waals surface area contributed by atoms with Crippen LogP contribution < -0.4 is 15.4 Å². The summed E-state index contributed by atoms with van der Waals surface area (Å²) >= 11 is 1.26. The van der Waals surface area contributed by atoms with Gasteiger partial charge in [0, 0.05) is 6.42 Å². The third-order valence-corrected chi connectivity index (χ3v) is 4.68. The van der Waals surface area contributed by atoms with E-state index in [1.54, 1.807) is 12.1 Å². The maximum atomic E-state index is 12.3. The molecule has 26 heavy (non-hydrogen) atoms. The molecule has 0 unspecified atom stereocenters. The van der Waals surface area contributed by atoms with Crippen molar-refractivity contribution in [1.82, 2.24) is 5.32 Å². The van der Waals surface area contributed by atoms with Crippen molar-refractivity contribution in [3.05, 3.63) is 54.6 Å². The van der Waals surface area contributed by atoms with E-state index < -0.39 is 5.25 Å². The molecule has 134 valence electrons. The number of carbonyl (C=O) groups excluding carboxylic acids is 2. The number of rotatable bonds is 6. The average molecular weight is 369 g/mol. The van der Waals surface area contributed by atoms with Crippen molar-refractivity contribution in [2.24, 2.45) is 4.99 Å². The number of amidine groups is 1. The van der Waals surface area contributed by atoms with Crippen molar-refractivity contribution < 1.29 is 14.3 Å². The van der Waals surface area contributed by atoms with Crippen molar-refractivity contribution in [3.8, 4) is 5.75 Å². The number of thioether (sulfide) groups is 1. The molecular formula is C19H19N3O3S. The Morgan fingerprint density at radius 3 is 2.69 bits per heavy atom. The van der Waals surface area contributed by atoms with Crippen LogP contribution in [0.5, 0.6) is 5.75 Å². The normalized spacial score (nSPS) is 17.8. The summed E-state index contributed by atoms with van der Waals surface area (Å²) in [7, 11) is 0. The lowest BCUT2D eigenvalue weighted by Crippen LogP contribution is -2.28. The Morgan fingerprint density at radius 2 is 1.92 bits per heavy atom. The van der Waals surface area contributed by atoms with Gasteiger partial charge in [-0.25, -0.2) is 4.99 Å². The van der Waals surface area contributed by atoms with Gasteiger partial charge in [0.2, 0.25) is 11.8 Å². The number of benzene rings is 2. The van der Waals surface area contributed by atoms with Crippen LogP contribution in [0.25, 0.3) is 0 Å². The summed E-state index contributed by atoms with van der Waals surface area (Å²) in [4.78, 5) is 28.8. The molecule has 1 atom stereocenters. The molecule has 0 bridgehead atoms. The zero-order valence-corrected chi connectivity index (χ0v) is 15.1. The molecule has 1 fully saturated rings. The predicted molar refractivity (Wildman–Crippen MR) is 104 cm³/mol. The number of ether oxygens (including phenoxy) is 1. The number of hydrogen-bond donors (Lipinski definition) is 2. The van der Waals surface area contributed by atoms with Crippen LogP contribution in [-0.4, -0.2) is 28.8 Å².